The van der Waals surface area contributed by atoms with Crippen LogP contribution in [0.4, 0.5) is 5.69 Å². The van der Waals surface area contributed by atoms with Crippen LogP contribution in [0.1, 0.15) is 16.7 Å². The van der Waals surface area contributed by atoms with E-state index in [0.29, 0.717) is 11.4 Å². The van der Waals surface area contributed by atoms with Gasteiger partial charge < -0.3 is 4.74 Å². The van der Waals surface area contributed by atoms with E-state index in [1.807, 2.05) is 26.0 Å². The summed E-state index contributed by atoms with van der Waals surface area (Å²) in [5.74, 6) is -0.169. The van der Waals surface area contributed by atoms with Crippen LogP contribution in [0.15, 0.2) is 77.7 Å². The summed E-state index contributed by atoms with van der Waals surface area (Å²) in [6.45, 7) is 5.15. The molecule has 1 amide bonds. The molecule has 150 valence electrons. The number of hydrogen-bond donors (Lipinski definition) is 0. The Balaban J connectivity index is 2.03. The number of hydrogen-bond acceptors (Lipinski definition) is 4. The first-order chi connectivity index (χ1) is 13.8. The van der Waals surface area contributed by atoms with Crippen molar-refractivity contribution < 1.29 is 17.9 Å². The van der Waals surface area contributed by atoms with Crippen LogP contribution in [0.3, 0.4) is 0 Å². The predicted octanol–water partition coefficient (Wildman–Crippen LogP) is 4.41. The van der Waals surface area contributed by atoms with Crippen LogP contribution in [0, 0.1) is 20.8 Å². The Kier molecular flexibility index (Phi) is 6.03. The molecule has 0 radical (unpaired) electrons. The van der Waals surface area contributed by atoms with Gasteiger partial charge in [-0.1, -0.05) is 48.0 Å². The highest BCUT2D eigenvalue weighted by Gasteiger charge is 2.32. The number of amides is 1. The maximum atomic E-state index is 13.4. The second-order valence-electron chi connectivity index (χ2n) is 6.80. The van der Waals surface area contributed by atoms with Crippen LogP contribution < -0.4 is 9.04 Å². The highest BCUT2D eigenvalue weighted by atomic mass is 32.2. The van der Waals surface area contributed by atoms with Crippen LogP contribution in [-0.4, -0.2) is 20.9 Å². The second kappa shape index (κ2) is 8.49. The van der Waals surface area contributed by atoms with Crippen molar-refractivity contribution in [1.29, 1.82) is 0 Å². The number of benzene rings is 3. The van der Waals surface area contributed by atoms with E-state index in [-0.39, 0.29) is 4.90 Å². The number of sulfonamides is 1. The highest BCUT2D eigenvalue weighted by Crippen LogP contribution is 2.29. The molecular formula is C23H23NO4S. The maximum absolute atomic E-state index is 13.4. The number of aryl methyl sites for hydroxylation is 2. The quantitative estimate of drug-likeness (QED) is 0.605. The fourth-order valence-electron chi connectivity index (χ4n) is 2.89. The van der Waals surface area contributed by atoms with Crippen LogP contribution >= 0.6 is 0 Å². The largest absolute Gasteiger partial charge is 0.484 e. The van der Waals surface area contributed by atoms with Crippen molar-refractivity contribution in [2.45, 2.75) is 25.7 Å². The van der Waals surface area contributed by atoms with Crippen molar-refractivity contribution in [3.05, 3.63) is 89.5 Å². The Morgan fingerprint density at radius 2 is 1.52 bits per heavy atom. The van der Waals surface area contributed by atoms with E-state index in [2.05, 4.69) is 0 Å². The summed E-state index contributed by atoms with van der Waals surface area (Å²) in [5.41, 5.74) is 2.87. The van der Waals surface area contributed by atoms with Crippen molar-refractivity contribution in [2.24, 2.45) is 0 Å². The van der Waals surface area contributed by atoms with E-state index in [9.17, 15) is 13.2 Å². The van der Waals surface area contributed by atoms with E-state index in [1.165, 1.54) is 12.1 Å². The molecule has 0 N–H and O–H groups in total. The Labute approximate surface area is 171 Å². The third-order valence-electron chi connectivity index (χ3n) is 4.69. The Morgan fingerprint density at radius 1 is 0.862 bits per heavy atom. The molecular weight excluding hydrogens is 386 g/mol. The van der Waals surface area contributed by atoms with Gasteiger partial charge in [0.05, 0.1) is 10.6 Å². The summed E-state index contributed by atoms with van der Waals surface area (Å²) in [6, 6.07) is 20.5. The standard InChI is InChI=1S/C23H23NO4S/c1-17-12-14-21(15-13-17)29(26,27)24(22-11-7-8-18(2)19(22)3)23(25)16-28-20-9-5-4-6-10-20/h4-15H,16H2,1-3H3. The molecule has 0 unspecified atom stereocenters. The van der Waals surface area contributed by atoms with Gasteiger partial charge in [-0.25, -0.2) is 8.42 Å². The molecule has 3 aromatic carbocycles. The van der Waals surface area contributed by atoms with E-state index < -0.39 is 22.5 Å². The number of rotatable bonds is 6. The number of para-hydroxylation sites is 1. The third-order valence-corrected chi connectivity index (χ3v) is 6.44. The molecule has 0 atom stereocenters. The monoisotopic (exact) mass is 409 g/mol. The lowest BCUT2D eigenvalue weighted by Crippen LogP contribution is -2.40. The van der Waals surface area contributed by atoms with Gasteiger partial charge in [0.25, 0.3) is 15.9 Å². The molecule has 6 heteroatoms. The Bertz CT molecular complexity index is 1110. The van der Waals surface area contributed by atoms with Gasteiger partial charge in [0.2, 0.25) is 0 Å². The van der Waals surface area contributed by atoms with Gasteiger partial charge in [-0.3, -0.25) is 4.79 Å². The topological polar surface area (TPSA) is 63.7 Å². The van der Waals surface area contributed by atoms with E-state index >= 15 is 0 Å². The van der Waals surface area contributed by atoms with Crippen molar-refractivity contribution >= 4 is 21.6 Å². The summed E-state index contributed by atoms with van der Waals surface area (Å²) in [6.07, 6.45) is 0. The van der Waals surface area contributed by atoms with Crippen molar-refractivity contribution in [3.8, 4) is 5.75 Å². The molecule has 0 aliphatic heterocycles. The van der Waals surface area contributed by atoms with E-state index in [0.717, 1.165) is 21.0 Å². The SMILES string of the molecule is Cc1ccc(S(=O)(=O)N(C(=O)COc2ccccc2)c2cccc(C)c2C)cc1. The third kappa shape index (κ3) is 4.49. The lowest BCUT2D eigenvalue weighted by atomic mass is 10.1. The summed E-state index contributed by atoms with van der Waals surface area (Å²) in [4.78, 5) is 13.1. The molecule has 29 heavy (non-hydrogen) atoms. The van der Waals surface area contributed by atoms with Crippen molar-refractivity contribution in [3.63, 3.8) is 0 Å². The molecule has 3 aromatic rings. The minimum absolute atomic E-state index is 0.0528. The highest BCUT2D eigenvalue weighted by molar-refractivity contribution is 7.93. The van der Waals surface area contributed by atoms with Crippen LogP contribution in [0.5, 0.6) is 5.75 Å². The minimum atomic E-state index is -4.11. The molecule has 0 saturated heterocycles. The van der Waals surface area contributed by atoms with Crippen molar-refractivity contribution in [1.82, 2.24) is 0 Å². The number of carbonyl (C=O) groups is 1. The number of nitrogens with zero attached hydrogens (tertiary/aromatic N) is 1. The predicted molar refractivity (Wildman–Crippen MR) is 114 cm³/mol. The van der Waals surface area contributed by atoms with Crippen LogP contribution in [-0.2, 0) is 14.8 Å². The first kappa shape index (κ1) is 20.6. The molecule has 0 aliphatic carbocycles. The fraction of sp³-hybridized carbons (Fsp3) is 0.174. The fourth-order valence-corrected chi connectivity index (χ4v) is 4.36. The van der Waals surface area contributed by atoms with Crippen molar-refractivity contribution in [2.75, 3.05) is 10.9 Å². The molecule has 0 fully saturated rings. The van der Waals surface area contributed by atoms with Gasteiger partial charge >= 0.3 is 0 Å². The van der Waals surface area contributed by atoms with Gasteiger partial charge in [0, 0.05) is 0 Å². The normalized spacial score (nSPS) is 11.1. The number of anilines is 1. The lowest BCUT2D eigenvalue weighted by Gasteiger charge is -2.25. The summed E-state index contributed by atoms with van der Waals surface area (Å²) in [7, 11) is -4.11. The zero-order valence-electron chi connectivity index (χ0n) is 16.6. The summed E-state index contributed by atoms with van der Waals surface area (Å²) >= 11 is 0. The zero-order chi connectivity index (χ0) is 21.0. The van der Waals surface area contributed by atoms with Crippen LogP contribution in [0.2, 0.25) is 0 Å². The molecule has 0 bridgehead atoms. The first-order valence-electron chi connectivity index (χ1n) is 9.19. The molecule has 0 heterocycles. The number of carbonyl (C=O) groups excluding carboxylic acids is 1. The van der Waals surface area contributed by atoms with E-state index in [1.54, 1.807) is 55.5 Å². The van der Waals surface area contributed by atoms with Gasteiger partial charge in [-0.15, -0.1) is 0 Å². The average Bonchev–Trinajstić information content (AvgIpc) is 2.71. The van der Waals surface area contributed by atoms with Gasteiger partial charge in [0.15, 0.2) is 6.61 Å². The van der Waals surface area contributed by atoms with E-state index in [4.69, 9.17) is 4.74 Å². The minimum Gasteiger partial charge on any atom is -0.484 e. The smallest absolute Gasteiger partial charge is 0.278 e. The summed E-state index contributed by atoms with van der Waals surface area (Å²) in [5, 5.41) is 0. The molecule has 3 rings (SSSR count). The molecule has 0 saturated carbocycles. The Hall–Kier alpha value is -3.12. The van der Waals surface area contributed by atoms with Gasteiger partial charge in [-0.05, 0) is 62.2 Å². The molecule has 0 aromatic heterocycles. The van der Waals surface area contributed by atoms with Gasteiger partial charge in [-0.2, -0.15) is 4.31 Å². The average molecular weight is 410 g/mol. The first-order valence-corrected chi connectivity index (χ1v) is 10.6. The lowest BCUT2D eigenvalue weighted by molar-refractivity contribution is -0.119. The molecule has 0 spiro atoms. The maximum Gasteiger partial charge on any atom is 0.278 e. The van der Waals surface area contributed by atoms with Gasteiger partial charge in [0.1, 0.15) is 5.75 Å². The summed E-state index contributed by atoms with van der Waals surface area (Å²) < 4.78 is 33.2. The number of ether oxygens (including phenoxy) is 1. The van der Waals surface area contributed by atoms with Crippen LogP contribution in [0.25, 0.3) is 0 Å². The molecule has 0 aliphatic rings. The molecule has 5 nitrogen and oxygen atoms in total. The Morgan fingerprint density at radius 3 is 2.17 bits per heavy atom. The zero-order valence-corrected chi connectivity index (χ0v) is 17.4. The second-order valence-corrected chi connectivity index (χ2v) is 8.58.